The number of carbonyl (C=O) groups excluding carboxylic acids is 1. The molecule has 0 saturated heterocycles. The molecule has 0 aromatic heterocycles. The van der Waals surface area contributed by atoms with Crippen molar-refractivity contribution in [2.24, 2.45) is 11.5 Å². The van der Waals surface area contributed by atoms with Gasteiger partial charge in [0.15, 0.2) is 0 Å². The van der Waals surface area contributed by atoms with Crippen LogP contribution in [-0.2, 0) is 0 Å². The Morgan fingerprint density at radius 2 is 1.91 bits per heavy atom. The number of hydrogen-bond donors (Lipinski definition) is 3. The highest BCUT2D eigenvalue weighted by molar-refractivity contribution is 5.72. The lowest BCUT2D eigenvalue weighted by atomic mass is 9.93. The first kappa shape index (κ1) is 10.2. The highest BCUT2D eigenvalue weighted by atomic mass is 16.2. The summed E-state index contributed by atoms with van der Waals surface area (Å²) in [6.07, 6.45) is 1.62. The van der Waals surface area contributed by atoms with Gasteiger partial charge in [0.25, 0.3) is 0 Å². The van der Waals surface area contributed by atoms with Crippen molar-refractivity contribution in [2.75, 3.05) is 6.54 Å². The molecule has 0 saturated carbocycles. The van der Waals surface area contributed by atoms with E-state index in [-0.39, 0.29) is 5.54 Å². The molecule has 5 N–H and O–H groups in total. The highest BCUT2D eigenvalue weighted by Crippen LogP contribution is 2.12. The van der Waals surface area contributed by atoms with E-state index in [0.717, 1.165) is 12.8 Å². The van der Waals surface area contributed by atoms with Crippen LogP contribution in [0.25, 0.3) is 0 Å². The standard InChI is InChI=1S/C7H17N3O/c1-3-7(4-2,5-8)10-6(9)11/h3-5,8H2,1-2H3,(H3,9,10,11). The van der Waals surface area contributed by atoms with Gasteiger partial charge in [-0.3, -0.25) is 0 Å². The molecule has 4 nitrogen and oxygen atoms in total. The first-order valence-corrected chi connectivity index (χ1v) is 3.88. The van der Waals surface area contributed by atoms with E-state index >= 15 is 0 Å². The lowest BCUT2D eigenvalue weighted by molar-refractivity contribution is 0.230. The zero-order valence-electron chi connectivity index (χ0n) is 7.18. The summed E-state index contributed by atoms with van der Waals surface area (Å²) in [7, 11) is 0. The third kappa shape index (κ3) is 2.76. The van der Waals surface area contributed by atoms with Crippen LogP contribution in [0, 0.1) is 0 Å². The van der Waals surface area contributed by atoms with Crippen LogP contribution in [0.5, 0.6) is 0 Å². The number of nitrogens with one attached hydrogen (secondary N) is 1. The van der Waals surface area contributed by atoms with Crippen molar-refractivity contribution >= 4 is 6.03 Å². The van der Waals surface area contributed by atoms with Crippen molar-refractivity contribution in [2.45, 2.75) is 32.2 Å². The average Bonchev–Trinajstić information content (AvgIpc) is 2.00. The Kier molecular flexibility index (Phi) is 3.89. The number of carbonyl (C=O) groups is 1. The van der Waals surface area contributed by atoms with Crippen LogP contribution in [0.1, 0.15) is 26.7 Å². The predicted molar refractivity (Wildman–Crippen MR) is 45.1 cm³/mol. The lowest BCUT2D eigenvalue weighted by Gasteiger charge is -2.30. The number of rotatable bonds is 4. The minimum absolute atomic E-state index is 0.300. The van der Waals surface area contributed by atoms with Gasteiger partial charge < -0.3 is 16.8 Å². The molecule has 0 atom stereocenters. The van der Waals surface area contributed by atoms with Crippen molar-refractivity contribution in [1.29, 1.82) is 0 Å². The van der Waals surface area contributed by atoms with Gasteiger partial charge >= 0.3 is 6.03 Å². The summed E-state index contributed by atoms with van der Waals surface area (Å²) in [5, 5.41) is 2.66. The van der Waals surface area contributed by atoms with Gasteiger partial charge in [-0.25, -0.2) is 4.79 Å². The van der Waals surface area contributed by atoms with E-state index in [9.17, 15) is 4.79 Å². The summed E-state index contributed by atoms with van der Waals surface area (Å²) in [5.41, 5.74) is 10.2. The molecule has 0 aromatic rings. The van der Waals surface area contributed by atoms with Gasteiger partial charge in [-0.15, -0.1) is 0 Å². The van der Waals surface area contributed by atoms with Crippen LogP contribution in [0.4, 0.5) is 4.79 Å². The van der Waals surface area contributed by atoms with Crippen LogP contribution in [0.2, 0.25) is 0 Å². The van der Waals surface area contributed by atoms with E-state index in [1.54, 1.807) is 0 Å². The Morgan fingerprint density at radius 3 is 2.00 bits per heavy atom. The zero-order chi connectivity index (χ0) is 8.91. The van der Waals surface area contributed by atoms with Gasteiger partial charge in [0, 0.05) is 6.54 Å². The molecule has 0 heterocycles. The summed E-state index contributed by atoms with van der Waals surface area (Å²) < 4.78 is 0. The Balaban J connectivity index is 4.16. The fourth-order valence-electron chi connectivity index (χ4n) is 1.03. The summed E-state index contributed by atoms with van der Waals surface area (Å²) in [5.74, 6) is 0. The molecule has 4 heteroatoms. The second-order valence-electron chi connectivity index (χ2n) is 2.68. The Morgan fingerprint density at radius 1 is 1.45 bits per heavy atom. The number of hydrogen-bond acceptors (Lipinski definition) is 2. The van der Waals surface area contributed by atoms with E-state index in [0.29, 0.717) is 6.54 Å². The smallest absolute Gasteiger partial charge is 0.312 e. The van der Waals surface area contributed by atoms with Crippen molar-refractivity contribution in [3.05, 3.63) is 0 Å². The molecule has 0 fully saturated rings. The van der Waals surface area contributed by atoms with Gasteiger partial charge in [0.1, 0.15) is 0 Å². The summed E-state index contributed by atoms with van der Waals surface area (Å²) in [4.78, 5) is 10.5. The number of primary amides is 1. The molecule has 0 aromatic carbocycles. The average molecular weight is 159 g/mol. The van der Waals surface area contributed by atoms with Crippen LogP contribution in [0.15, 0.2) is 0 Å². The van der Waals surface area contributed by atoms with E-state index < -0.39 is 6.03 Å². The Labute approximate surface area is 67.3 Å². The molecular formula is C7H17N3O. The molecule has 0 aliphatic rings. The maximum absolute atomic E-state index is 10.5. The predicted octanol–water partition coefficient (Wildman–Crippen LogP) is 0.172. The molecule has 0 radical (unpaired) electrons. The SMILES string of the molecule is CCC(CC)(CN)NC(N)=O. The maximum Gasteiger partial charge on any atom is 0.312 e. The quantitative estimate of drug-likeness (QED) is 0.546. The van der Waals surface area contributed by atoms with Crippen LogP contribution >= 0.6 is 0 Å². The van der Waals surface area contributed by atoms with Gasteiger partial charge in [0.05, 0.1) is 5.54 Å². The van der Waals surface area contributed by atoms with Gasteiger partial charge in [-0.05, 0) is 12.8 Å². The Bertz CT molecular complexity index is 123. The molecule has 0 unspecified atom stereocenters. The summed E-state index contributed by atoms with van der Waals surface area (Å²) >= 11 is 0. The van der Waals surface area contributed by atoms with Gasteiger partial charge in [-0.2, -0.15) is 0 Å². The van der Waals surface area contributed by atoms with Crippen LogP contribution < -0.4 is 16.8 Å². The third-order valence-corrected chi connectivity index (χ3v) is 2.13. The second kappa shape index (κ2) is 4.18. The maximum atomic E-state index is 10.5. The number of urea groups is 1. The Hall–Kier alpha value is -0.770. The molecule has 2 amide bonds. The molecule has 0 bridgehead atoms. The minimum atomic E-state index is -0.501. The van der Waals surface area contributed by atoms with Crippen LogP contribution in [0.3, 0.4) is 0 Å². The van der Waals surface area contributed by atoms with Crippen molar-refractivity contribution in [3.63, 3.8) is 0 Å². The molecule has 0 aliphatic heterocycles. The monoisotopic (exact) mass is 159 g/mol. The number of nitrogens with two attached hydrogens (primary N) is 2. The third-order valence-electron chi connectivity index (χ3n) is 2.13. The molecule has 0 spiro atoms. The molecule has 11 heavy (non-hydrogen) atoms. The summed E-state index contributed by atoms with van der Waals surface area (Å²) in [6, 6.07) is -0.501. The fraction of sp³-hybridized carbons (Fsp3) is 0.857. The molecular weight excluding hydrogens is 142 g/mol. The molecule has 0 aliphatic carbocycles. The normalized spacial score (nSPS) is 11.2. The van der Waals surface area contributed by atoms with E-state index in [4.69, 9.17) is 11.5 Å². The van der Waals surface area contributed by atoms with E-state index in [2.05, 4.69) is 5.32 Å². The zero-order valence-corrected chi connectivity index (χ0v) is 7.18. The topological polar surface area (TPSA) is 81.1 Å². The summed E-state index contributed by atoms with van der Waals surface area (Å²) in [6.45, 7) is 4.39. The first-order chi connectivity index (χ1) is 5.10. The van der Waals surface area contributed by atoms with E-state index in [1.165, 1.54) is 0 Å². The van der Waals surface area contributed by atoms with E-state index in [1.807, 2.05) is 13.8 Å². The van der Waals surface area contributed by atoms with Crippen molar-refractivity contribution in [3.8, 4) is 0 Å². The second-order valence-corrected chi connectivity index (χ2v) is 2.68. The lowest BCUT2D eigenvalue weighted by Crippen LogP contribution is -2.54. The van der Waals surface area contributed by atoms with Crippen LogP contribution in [-0.4, -0.2) is 18.1 Å². The molecule has 0 rings (SSSR count). The first-order valence-electron chi connectivity index (χ1n) is 3.88. The number of amides is 2. The van der Waals surface area contributed by atoms with Gasteiger partial charge in [-0.1, -0.05) is 13.8 Å². The molecule has 66 valence electrons. The highest BCUT2D eigenvalue weighted by Gasteiger charge is 2.24. The fourth-order valence-corrected chi connectivity index (χ4v) is 1.03. The van der Waals surface area contributed by atoms with Gasteiger partial charge in [0.2, 0.25) is 0 Å². The largest absolute Gasteiger partial charge is 0.352 e. The van der Waals surface area contributed by atoms with Crippen molar-refractivity contribution in [1.82, 2.24) is 5.32 Å². The minimum Gasteiger partial charge on any atom is -0.352 e. The van der Waals surface area contributed by atoms with Crippen molar-refractivity contribution < 1.29 is 4.79 Å².